The predicted octanol–water partition coefficient (Wildman–Crippen LogP) is 5.92. The van der Waals surface area contributed by atoms with Gasteiger partial charge in [0.2, 0.25) is 0 Å². The number of nitrogens with zero attached hydrogens (tertiary/aromatic N) is 1. The van der Waals surface area contributed by atoms with E-state index in [1.54, 1.807) is 79.9 Å². The van der Waals surface area contributed by atoms with Crippen molar-refractivity contribution >= 4 is 41.1 Å². The number of nitro groups is 1. The Morgan fingerprint density at radius 3 is 2.16 bits per heavy atom. The number of carbonyl (C=O) groups is 3. The van der Waals surface area contributed by atoms with E-state index >= 15 is 0 Å². The van der Waals surface area contributed by atoms with Crippen molar-refractivity contribution in [1.82, 2.24) is 5.32 Å². The molecule has 0 aliphatic carbocycles. The van der Waals surface area contributed by atoms with Crippen molar-refractivity contribution in [2.45, 2.75) is 0 Å². The Balaban J connectivity index is 1.53. The van der Waals surface area contributed by atoms with Crippen LogP contribution < -0.4 is 20.1 Å². The predicted molar refractivity (Wildman–Crippen MR) is 163 cm³/mol. The normalized spacial score (nSPS) is 11.1. The number of carbonyl (C=O) groups excluding carboxylic acids is 3. The van der Waals surface area contributed by atoms with Gasteiger partial charge >= 0.3 is 0 Å². The van der Waals surface area contributed by atoms with Crippen molar-refractivity contribution in [2.75, 3.05) is 19.5 Å². The first-order valence-electron chi connectivity index (χ1n) is 13.0. The standard InChI is InChI=1S/C33H27N3O7/c1-42-27-18-14-23(31(21-27)43-2)15-19-30(37)22-12-16-26(17-13-22)34-33(39)28(35-32(38)24-8-4-3-5-9-24)20-25-10-6-7-11-29(25)36(40)41/h3-21H,1-2H3,(H,34,39)(H,35,38)/b19-15+,28-20-. The second-order valence-electron chi connectivity index (χ2n) is 9.03. The number of para-hydroxylation sites is 1. The zero-order valence-electron chi connectivity index (χ0n) is 23.3. The number of nitro benzene ring substituents is 1. The largest absolute Gasteiger partial charge is 0.497 e. The second-order valence-corrected chi connectivity index (χ2v) is 9.03. The number of allylic oxidation sites excluding steroid dienone is 1. The molecule has 4 rings (SSSR count). The first kappa shape index (κ1) is 29.9. The van der Waals surface area contributed by atoms with E-state index in [0.717, 1.165) is 0 Å². The van der Waals surface area contributed by atoms with E-state index in [4.69, 9.17) is 9.47 Å². The summed E-state index contributed by atoms with van der Waals surface area (Å²) in [5.74, 6) is -0.388. The minimum Gasteiger partial charge on any atom is -0.497 e. The second kappa shape index (κ2) is 14.0. The molecule has 0 aliphatic rings. The van der Waals surface area contributed by atoms with Gasteiger partial charge in [0.05, 0.1) is 24.7 Å². The van der Waals surface area contributed by atoms with E-state index in [1.807, 2.05) is 0 Å². The highest BCUT2D eigenvalue weighted by Crippen LogP contribution is 2.26. The molecule has 10 nitrogen and oxygen atoms in total. The molecule has 0 heterocycles. The smallest absolute Gasteiger partial charge is 0.276 e. The van der Waals surface area contributed by atoms with Crippen molar-refractivity contribution in [3.8, 4) is 11.5 Å². The summed E-state index contributed by atoms with van der Waals surface area (Å²) < 4.78 is 10.5. The lowest BCUT2D eigenvalue weighted by Crippen LogP contribution is -2.30. The third-order valence-corrected chi connectivity index (χ3v) is 6.24. The SMILES string of the molecule is COc1ccc(/C=C/C(=O)c2ccc(NC(=O)/C(=C/c3ccccc3[N+](=O)[O-])NC(=O)c3ccccc3)cc2)c(OC)c1. The lowest BCUT2D eigenvalue weighted by molar-refractivity contribution is -0.385. The molecule has 0 aliphatic heterocycles. The maximum atomic E-state index is 13.3. The van der Waals surface area contributed by atoms with Gasteiger partial charge < -0.3 is 20.1 Å². The fraction of sp³-hybridized carbons (Fsp3) is 0.0606. The number of rotatable bonds is 11. The number of methoxy groups -OCH3 is 2. The Morgan fingerprint density at radius 1 is 0.791 bits per heavy atom. The average molecular weight is 578 g/mol. The minimum atomic E-state index is -0.715. The Kier molecular flexibility index (Phi) is 9.78. The molecule has 2 amide bonds. The zero-order valence-corrected chi connectivity index (χ0v) is 23.3. The maximum Gasteiger partial charge on any atom is 0.276 e. The van der Waals surface area contributed by atoms with Gasteiger partial charge in [-0.05, 0) is 72.8 Å². The molecule has 0 saturated heterocycles. The van der Waals surface area contributed by atoms with E-state index in [1.165, 1.54) is 49.6 Å². The van der Waals surface area contributed by atoms with Crippen LogP contribution in [0.3, 0.4) is 0 Å². The quantitative estimate of drug-likeness (QED) is 0.0977. The first-order chi connectivity index (χ1) is 20.8. The molecule has 0 aromatic heterocycles. The van der Waals surface area contributed by atoms with Crippen LogP contribution in [-0.2, 0) is 4.79 Å². The highest BCUT2D eigenvalue weighted by atomic mass is 16.6. The van der Waals surface area contributed by atoms with Crippen LogP contribution in [0.4, 0.5) is 11.4 Å². The number of ether oxygens (including phenoxy) is 2. The van der Waals surface area contributed by atoms with Gasteiger partial charge in [0.1, 0.15) is 17.2 Å². The molecule has 0 spiro atoms. The number of nitrogens with one attached hydrogen (secondary N) is 2. The van der Waals surface area contributed by atoms with Gasteiger partial charge in [0.15, 0.2) is 5.78 Å². The molecule has 0 bridgehead atoms. The van der Waals surface area contributed by atoms with Crippen molar-refractivity contribution in [3.05, 3.63) is 141 Å². The Morgan fingerprint density at radius 2 is 1.49 bits per heavy atom. The number of hydrogen-bond acceptors (Lipinski definition) is 7. The molecular weight excluding hydrogens is 550 g/mol. The summed E-state index contributed by atoms with van der Waals surface area (Å²) in [5, 5.41) is 16.7. The van der Waals surface area contributed by atoms with E-state index < -0.39 is 16.7 Å². The van der Waals surface area contributed by atoms with Crippen LogP contribution in [0.5, 0.6) is 11.5 Å². The van der Waals surface area contributed by atoms with Gasteiger partial charge in [-0.2, -0.15) is 0 Å². The zero-order chi connectivity index (χ0) is 30.8. The first-order valence-corrected chi connectivity index (χ1v) is 13.0. The molecule has 2 N–H and O–H groups in total. The molecular formula is C33H27N3O7. The van der Waals surface area contributed by atoms with Crippen molar-refractivity contribution in [2.24, 2.45) is 0 Å². The van der Waals surface area contributed by atoms with Crippen LogP contribution in [0, 0.1) is 10.1 Å². The van der Waals surface area contributed by atoms with Gasteiger partial charge in [0, 0.05) is 34.5 Å². The molecule has 10 heteroatoms. The van der Waals surface area contributed by atoms with Crippen molar-refractivity contribution in [3.63, 3.8) is 0 Å². The van der Waals surface area contributed by atoms with Crippen molar-refractivity contribution < 1.29 is 28.8 Å². The molecule has 4 aromatic rings. The molecule has 0 atom stereocenters. The van der Waals surface area contributed by atoms with Gasteiger partial charge in [-0.15, -0.1) is 0 Å². The van der Waals surface area contributed by atoms with E-state index in [2.05, 4.69) is 10.6 Å². The van der Waals surface area contributed by atoms with Gasteiger partial charge in [-0.3, -0.25) is 24.5 Å². The molecule has 216 valence electrons. The summed E-state index contributed by atoms with van der Waals surface area (Å²) in [4.78, 5) is 49.9. The number of benzene rings is 4. The fourth-order valence-corrected chi connectivity index (χ4v) is 4.01. The van der Waals surface area contributed by atoms with Gasteiger partial charge in [0.25, 0.3) is 17.5 Å². The summed E-state index contributed by atoms with van der Waals surface area (Å²) in [6.07, 6.45) is 4.28. The van der Waals surface area contributed by atoms with Crippen LogP contribution >= 0.6 is 0 Å². The number of amides is 2. The maximum absolute atomic E-state index is 13.3. The summed E-state index contributed by atoms with van der Waals surface area (Å²) in [6.45, 7) is 0. The summed E-state index contributed by atoms with van der Waals surface area (Å²) in [5.41, 5.74) is 1.39. The van der Waals surface area contributed by atoms with E-state index in [0.29, 0.717) is 33.9 Å². The fourth-order valence-electron chi connectivity index (χ4n) is 4.01. The number of ketones is 1. The lowest BCUT2D eigenvalue weighted by atomic mass is 10.1. The van der Waals surface area contributed by atoms with Crippen LogP contribution in [-0.4, -0.2) is 36.7 Å². The number of anilines is 1. The summed E-state index contributed by atoms with van der Waals surface area (Å²) in [7, 11) is 3.07. The Hall–Kier alpha value is -6.03. The topological polar surface area (TPSA) is 137 Å². The average Bonchev–Trinajstić information content (AvgIpc) is 3.04. The summed E-state index contributed by atoms with van der Waals surface area (Å²) in [6, 6.07) is 25.5. The highest BCUT2D eigenvalue weighted by Gasteiger charge is 2.18. The summed E-state index contributed by atoms with van der Waals surface area (Å²) >= 11 is 0. The molecule has 43 heavy (non-hydrogen) atoms. The molecule has 0 fully saturated rings. The molecule has 0 radical (unpaired) electrons. The van der Waals surface area contributed by atoms with Crippen molar-refractivity contribution in [1.29, 1.82) is 0 Å². The molecule has 0 saturated carbocycles. The number of hydrogen-bond donors (Lipinski definition) is 2. The molecule has 4 aromatic carbocycles. The van der Waals surface area contributed by atoms with E-state index in [-0.39, 0.29) is 22.7 Å². The Bertz CT molecular complexity index is 1710. The van der Waals surface area contributed by atoms with Crippen LogP contribution in [0.2, 0.25) is 0 Å². The van der Waals surface area contributed by atoms with Crippen LogP contribution in [0.15, 0.2) is 109 Å². The van der Waals surface area contributed by atoms with Gasteiger partial charge in [-0.25, -0.2) is 0 Å². The van der Waals surface area contributed by atoms with Gasteiger partial charge in [-0.1, -0.05) is 30.3 Å². The van der Waals surface area contributed by atoms with E-state index in [9.17, 15) is 24.5 Å². The van der Waals surface area contributed by atoms with Crippen LogP contribution in [0.1, 0.15) is 31.8 Å². The third-order valence-electron chi connectivity index (χ3n) is 6.24. The monoisotopic (exact) mass is 577 g/mol. The third kappa shape index (κ3) is 7.80. The molecule has 0 unspecified atom stereocenters. The minimum absolute atomic E-state index is 0.132. The Labute approximate surface area is 247 Å². The van der Waals surface area contributed by atoms with Crippen LogP contribution in [0.25, 0.3) is 12.2 Å². The lowest BCUT2D eigenvalue weighted by Gasteiger charge is -2.12. The highest BCUT2D eigenvalue weighted by molar-refractivity contribution is 6.11.